The second kappa shape index (κ2) is 8.96. The molecule has 11 heteroatoms. The summed E-state index contributed by atoms with van der Waals surface area (Å²) in [6.45, 7) is 2.29. The van der Waals surface area contributed by atoms with E-state index in [1.807, 2.05) is 0 Å². The second-order valence-corrected chi connectivity index (χ2v) is 5.44. The molecule has 152 valence electrons. The minimum atomic E-state index is -5.80. The molecule has 0 heterocycles. The first-order valence-corrected chi connectivity index (χ1v) is 7.62. The van der Waals surface area contributed by atoms with Crippen LogP contribution in [0.25, 0.3) is 0 Å². The molecule has 1 aromatic carbocycles. The number of esters is 2. The van der Waals surface area contributed by atoms with Crippen LogP contribution < -0.4 is 9.47 Å². The minimum Gasteiger partial charge on any atom is -0.482 e. The average molecular weight is 402 g/mol. The maximum atomic E-state index is 12.3. The van der Waals surface area contributed by atoms with Gasteiger partial charge in [0.25, 0.3) is 6.10 Å². The van der Waals surface area contributed by atoms with Gasteiger partial charge in [-0.2, -0.15) is 26.3 Å². The first-order chi connectivity index (χ1) is 12.3. The van der Waals surface area contributed by atoms with Crippen molar-refractivity contribution >= 4 is 11.9 Å². The van der Waals surface area contributed by atoms with Gasteiger partial charge in [-0.25, -0.2) is 4.79 Å². The van der Waals surface area contributed by atoms with Crippen LogP contribution in [0, 0.1) is 5.92 Å². The monoisotopic (exact) mass is 402 g/mol. The van der Waals surface area contributed by atoms with Crippen LogP contribution in [-0.4, -0.2) is 37.0 Å². The van der Waals surface area contributed by atoms with E-state index in [4.69, 9.17) is 9.47 Å². The van der Waals surface area contributed by atoms with Crippen molar-refractivity contribution in [2.24, 2.45) is 5.92 Å². The lowest BCUT2D eigenvalue weighted by Gasteiger charge is -2.22. The fourth-order valence-electron chi connectivity index (χ4n) is 1.61. The molecule has 0 fully saturated rings. The Labute approximate surface area is 150 Å². The van der Waals surface area contributed by atoms with Gasteiger partial charge in [0.1, 0.15) is 11.5 Å². The fraction of sp³-hybridized carbons (Fsp3) is 0.500. The number of benzene rings is 1. The summed E-state index contributed by atoms with van der Waals surface area (Å²) in [5, 5.41) is 0. The molecule has 0 N–H and O–H groups in total. The molecule has 0 amide bonds. The van der Waals surface area contributed by atoms with E-state index in [1.54, 1.807) is 13.8 Å². The van der Waals surface area contributed by atoms with Gasteiger partial charge in [0.15, 0.2) is 6.61 Å². The summed E-state index contributed by atoms with van der Waals surface area (Å²) in [6, 6.07) is 5.01. The summed E-state index contributed by atoms with van der Waals surface area (Å²) >= 11 is 0. The fourth-order valence-corrected chi connectivity index (χ4v) is 1.61. The zero-order chi connectivity index (χ0) is 20.8. The molecule has 1 atom stereocenters. The molecule has 0 spiro atoms. The standard InChI is InChI=1S/C16H16F6O5/c1-3-9(2)13(24)26-11-6-4-10(5-7-11)25-8-12(23)27-14(15(17,18)19)16(20,21)22/h4-7,9,14H,3,8H2,1-2H3. The maximum Gasteiger partial charge on any atom is 0.434 e. The predicted octanol–water partition coefficient (Wildman–Crippen LogP) is 4.05. The van der Waals surface area contributed by atoms with Crippen molar-refractivity contribution < 1.29 is 50.1 Å². The van der Waals surface area contributed by atoms with E-state index in [0.717, 1.165) is 0 Å². The second-order valence-electron chi connectivity index (χ2n) is 5.44. The number of carbonyl (C=O) groups is 2. The van der Waals surface area contributed by atoms with Crippen LogP contribution in [0.15, 0.2) is 24.3 Å². The summed E-state index contributed by atoms with van der Waals surface area (Å²) in [7, 11) is 0. The van der Waals surface area contributed by atoms with Crippen LogP contribution in [-0.2, 0) is 14.3 Å². The van der Waals surface area contributed by atoms with E-state index in [1.165, 1.54) is 24.3 Å². The van der Waals surface area contributed by atoms with Crippen LogP contribution in [0.1, 0.15) is 20.3 Å². The first kappa shape index (κ1) is 22.6. The average Bonchev–Trinajstić information content (AvgIpc) is 2.56. The summed E-state index contributed by atoms with van der Waals surface area (Å²) in [6.07, 6.45) is -15.3. The first-order valence-electron chi connectivity index (χ1n) is 7.62. The van der Waals surface area contributed by atoms with Crippen LogP contribution in [0.4, 0.5) is 26.3 Å². The van der Waals surface area contributed by atoms with Crippen molar-refractivity contribution in [3.05, 3.63) is 24.3 Å². The number of carbonyl (C=O) groups excluding carboxylic acids is 2. The van der Waals surface area contributed by atoms with E-state index in [-0.39, 0.29) is 17.4 Å². The van der Waals surface area contributed by atoms with Gasteiger partial charge >= 0.3 is 24.3 Å². The van der Waals surface area contributed by atoms with Crippen molar-refractivity contribution in [3.63, 3.8) is 0 Å². The van der Waals surface area contributed by atoms with Crippen LogP contribution in [0.2, 0.25) is 0 Å². The van der Waals surface area contributed by atoms with E-state index in [0.29, 0.717) is 6.42 Å². The molecular weight excluding hydrogens is 386 g/mol. The quantitative estimate of drug-likeness (QED) is 0.391. The smallest absolute Gasteiger partial charge is 0.434 e. The molecule has 5 nitrogen and oxygen atoms in total. The number of halogens is 6. The predicted molar refractivity (Wildman–Crippen MR) is 79.0 cm³/mol. The van der Waals surface area contributed by atoms with Gasteiger partial charge in [-0.05, 0) is 30.7 Å². The largest absolute Gasteiger partial charge is 0.482 e. The molecule has 0 saturated heterocycles. The van der Waals surface area contributed by atoms with Gasteiger partial charge in [-0.3, -0.25) is 4.79 Å². The third kappa shape index (κ3) is 7.35. The zero-order valence-corrected chi connectivity index (χ0v) is 14.2. The molecule has 1 aromatic rings. The van der Waals surface area contributed by atoms with Crippen molar-refractivity contribution in [3.8, 4) is 11.5 Å². The molecule has 0 aliphatic rings. The number of rotatable bonds is 7. The summed E-state index contributed by atoms with van der Waals surface area (Å²) in [4.78, 5) is 22.8. The summed E-state index contributed by atoms with van der Waals surface area (Å²) < 4.78 is 87.0. The van der Waals surface area contributed by atoms with Crippen molar-refractivity contribution in [1.82, 2.24) is 0 Å². The highest BCUT2D eigenvalue weighted by Gasteiger charge is 2.59. The minimum absolute atomic E-state index is 0.0501. The highest BCUT2D eigenvalue weighted by atomic mass is 19.4. The number of ether oxygens (including phenoxy) is 3. The summed E-state index contributed by atoms with van der Waals surface area (Å²) in [5.41, 5.74) is 0. The molecule has 0 aromatic heterocycles. The molecule has 1 unspecified atom stereocenters. The Balaban J connectivity index is 2.60. The Morgan fingerprint density at radius 3 is 1.89 bits per heavy atom. The van der Waals surface area contributed by atoms with Crippen molar-refractivity contribution in [2.75, 3.05) is 6.61 Å². The van der Waals surface area contributed by atoms with E-state index >= 15 is 0 Å². The Morgan fingerprint density at radius 1 is 0.963 bits per heavy atom. The molecule has 0 aliphatic carbocycles. The lowest BCUT2D eigenvalue weighted by molar-refractivity contribution is -0.313. The van der Waals surface area contributed by atoms with Crippen molar-refractivity contribution in [2.45, 2.75) is 38.7 Å². The van der Waals surface area contributed by atoms with Crippen LogP contribution >= 0.6 is 0 Å². The number of hydrogen-bond donors (Lipinski definition) is 0. The molecule has 0 radical (unpaired) electrons. The number of alkyl halides is 6. The Kier molecular flexibility index (Phi) is 7.49. The SMILES string of the molecule is CCC(C)C(=O)Oc1ccc(OCC(=O)OC(C(F)(F)F)C(F)(F)F)cc1. The van der Waals surface area contributed by atoms with Gasteiger partial charge in [0.2, 0.25) is 0 Å². The highest BCUT2D eigenvalue weighted by molar-refractivity contribution is 5.74. The lowest BCUT2D eigenvalue weighted by Crippen LogP contribution is -2.46. The third-order valence-corrected chi connectivity index (χ3v) is 3.26. The van der Waals surface area contributed by atoms with Crippen molar-refractivity contribution in [1.29, 1.82) is 0 Å². The Morgan fingerprint density at radius 2 is 1.44 bits per heavy atom. The van der Waals surface area contributed by atoms with Gasteiger partial charge in [0.05, 0.1) is 5.92 Å². The topological polar surface area (TPSA) is 61.8 Å². The molecule has 0 saturated carbocycles. The Bertz CT molecular complexity index is 624. The molecular formula is C16H16F6O5. The van der Waals surface area contributed by atoms with Gasteiger partial charge in [-0.15, -0.1) is 0 Å². The molecule has 1 rings (SSSR count). The maximum absolute atomic E-state index is 12.3. The molecule has 27 heavy (non-hydrogen) atoms. The normalized spacial score (nSPS) is 13.2. The Hall–Kier alpha value is -2.46. The summed E-state index contributed by atoms with van der Waals surface area (Å²) in [5.74, 6) is -2.54. The van der Waals surface area contributed by atoms with Gasteiger partial charge < -0.3 is 14.2 Å². The highest BCUT2D eigenvalue weighted by Crippen LogP contribution is 2.35. The van der Waals surface area contributed by atoms with E-state index in [2.05, 4.69) is 4.74 Å². The number of hydrogen-bond acceptors (Lipinski definition) is 5. The van der Waals surface area contributed by atoms with Crippen LogP contribution in [0.3, 0.4) is 0 Å². The zero-order valence-electron chi connectivity index (χ0n) is 14.2. The van der Waals surface area contributed by atoms with E-state index in [9.17, 15) is 35.9 Å². The molecule has 0 aliphatic heterocycles. The van der Waals surface area contributed by atoms with Crippen LogP contribution in [0.5, 0.6) is 11.5 Å². The van der Waals surface area contributed by atoms with Gasteiger partial charge in [-0.1, -0.05) is 13.8 Å². The lowest BCUT2D eigenvalue weighted by atomic mass is 10.1. The third-order valence-electron chi connectivity index (χ3n) is 3.26. The van der Waals surface area contributed by atoms with E-state index < -0.39 is 37.0 Å². The van der Waals surface area contributed by atoms with Gasteiger partial charge in [0, 0.05) is 0 Å². The molecule has 0 bridgehead atoms.